The van der Waals surface area contributed by atoms with Gasteiger partial charge < -0.3 is 9.47 Å². The molecule has 8 heteroatoms. The molecule has 1 N–H and O–H groups in total. The van der Waals surface area contributed by atoms with Gasteiger partial charge in [0.15, 0.2) is 0 Å². The number of barbiturate groups is 1. The lowest BCUT2D eigenvalue weighted by atomic mass is 10.1. The highest BCUT2D eigenvalue weighted by Crippen LogP contribution is 2.29. The van der Waals surface area contributed by atoms with Crippen LogP contribution < -0.4 is 19.7 Å². The van der Waals surface area contributed by atoms with Crippen molar-refractivity contribution in [2.75, 3.05) is 18.1 Å². The predicted molar refractivity (Wildman–Crippen MR) is 112 cm³/mol. The Morgan fingerprint density at radius 1 is 1.00 bits per heavy atom. The normalized spacial score (nSPS) is 15.5. The number of hydrogen-bond donors (Lipinski definition) is 1. The molecule has 0 aromatic heterocycles. The molecule has 0 atom stereocenters. The van der Waals surface area contributed by atoms with Crippen molar-refractivity contribution in [2.45, 2.75) is 13.8 Å². The van der Waals surface area contributed by atoms with Gasteiger partial charge in [-0.15, -0.1) is 0 Å². The van der Waals surface area contributed by atoms with Gasteiger partial charge in [-0.05, 0) is 56.3 Å². The van der Waals surface area contributed by atoms with Crippen molar-refractivity contribution in [3.8, 4) is 11.5 Å². The smallest absolute Gasteiger partial charge is 0.335 e. The number of carbonyl (C=O) groups is 3. The molecule has 7 nitrogen and oxygen atoms in total. The van der Waals surface area contributed by atoms with Gasteiger partial charge in [0.1, 0.15) is 17.1 Å². The molecule has 0 radical (unpaired) electrons. The zero-order chi connectivity index (χ0) is 21.0. The molecule has 3 rings (SSSR count). The van der Waals surface area contributed by atoms with Gasteiger partial charge in [-0.2, -0.15) is 0 Å². The lowest BCUT2D eigenvalue weighted by molar-refractivity contribution is -0.122. The fraction of sp³-hybridized carbons (Fsp3) is 0.190. The van der Waals surface area contributed by atoms with Crippen LogP contribution in [0.2, 0.25) is 0 Å². The molecule has 0 aliphatic carbocycles. The van der Waals surface area contributed by atoms with Crippen molar-refractivity contribution in [1.82, 2.24) is 5.32 Å². The van der Waals surface area contributed by atoms with Crippen LogP contribution in [0.5, 0.6) is 11.5 Å². The second-order valence-electron chi connectivity index (χ2n) is 6.00. The van der Waals surface area contributed by atoms with Gasteiger partial charge in [0.2, 0.25) is 0 Å². The molecule has 0 unspecified atom stereocenters. The first-order valence-electron chi connectivity index (χ1n) is 9.01. The van der Waals surface area contributed by atoms with Gasteiger partial charge in [0.25, 0.3) is 11.8 Å². The summed E-state index contributed by atoms with van der Waals surface area (Å²) in [6, 6.07) is 10.9. The summed E-state index contributed by atoms with van der Waals surface area (Å²) in [6.45, 7) is 4.60. The Balaban J connectivity index is 2.01. The molecule has 0 saturated carbocycles. The molecular weight excluding hydrogens is 440 g/mol. The Bertz CT molecular complexity index is 985. The number of rotatable bonds is 6. The standard InChI is InChI=1S/C21H19BrN2O5/c1-3-28-16-10-5-13(18(12-16)29-4-2)11-17-19(25)23-21(27)24(20(17)26)15-8-6-14(22)7-9-15/h5-12H,3-4H2,1-2H3,(H,23,25,27)/b17-11+. The van der Waals surface area contributed by atoms with E-state index in [0.717, 1.165) is 9.37 Å². The van der Waals surface area contributed by atoms with Crippen molar-refractivity contribution >= 4 is 45.5 Å². The summed E-state index contributed by atoms with van der Waals surface area (Å²) in [5.74, 6) is -0.384. The molecule has 29 heavy (non-hydrogen) atoms. The molecule has 2 aromatic carbocycles. The Labute approximate surface area is 176 Å². The first-order chi connectivity index (χ1) is 13.9. The first kappa shape index (κ1) is 20.6. The minimum Gasteiger partial charge on any atom is -0.494 e. The van der Waals surface area contributed by atoms with E-state index >= 15 is 0 Å². The quantitative estimate of drug-likeness (QED) is 0.523. The fourth-order valence-corrected chi connectivity index (χ4v) is 3.07. The maximum atomic E-state index is 13.0. The molecule has 1 heterocycles. The zero-order valence-electron chi connectivity index (χ0n) is 15.9. The van der Waals surface area contributed by atoms with E-state index in [2.05, 4.69) is 21.2 Å². The topological polar surface area (TPSA) is 84.9 Å². The molecule has 0 bridgehead atoms. The van der Waals surface area contributed by atoms with Crippen LogP contribution in [-0.2, 0) is 9.59 Å². The average Bonchev–Trinajstić information content (AvgIpc) is 2.68. The van der Waals surface area contributed by atoms with Crippen molar-refractivity contribution in [2.24, 2.45) is 0 Å². The number of amides is 4. The summed E-state index contributed by atoms with van der Waals surface area (Å²) in [5, 5.41) is 2.21. The number of urea groups is 1. The number of nitrogens with one attached hydrogen (secondary N) is 1. The van der Waals surface area contributed by atoms with E-state index in [9.17, 15) is 14.4 Å². The molecule has 150 valence electrons. The fourth-order valence-electron chi connectivity index (χ4n) is 2.81. The van der Waals surface area contributed by atoms with Crippen molar-refractivity contribution < 1.29 is 23.9 Å². The number of hydrogen-bond acceptors (Lipinski definition) is 5. The van der Waals surface area contributed by atoms with Crippen LogP contribution >= 0.6 is 15.9 Å². The van der Waals surface area contributed by atoms with Crippen molar-refractivity contribution in [1.29, 1.82) is 0 Å². The van der Waals surface area contributed by atoms with E-state index in [1.807, 2.05) is 13.8 Å². The summed E-state index contributed by atoms with van der Waals surface area (Å²) in [6.07, 6.45) is 1.41. The first-order valence-corrected chi connectivity index (χ1v) is 9.80. The molecule has 1 aliphatic heterocycles. The van der Waals surface area contributed by atoms with Crippen LogP contribution in [0.3, 0.4) is 0 Å². The summed E-state index contributed by atoms with van der Waals surface area (Å²) >= 11 is 3.31. The average molecular weight is 459 g/mol. The zero-order valence-corrected chi connectivity index (χ0v) is 17.5. The summed E-state index contributed by atoms with van der Waals surface area (Å²) in [7, 11) is 0. The SMILES string of the molecule is CCOc1ccc(/C=C2\C(=O)NC(=O)N(c3ccc(Br)cc3)C2=O)c(OCC)c1. The number of halogens is 1. The summed E-state index contributed by atoms with van der Waals surface area (Å²) < 4.78 is 11.9. The van der Waals surface area contributed by atoms with Gasteiger partial charge in [0.05, 0.1) is 18.9 Å². The predicted octanol–water partition coefficient (Wildman–Crippen LogP) is 3.91. The van der Waals surface area contributed by atoms with Crippen LogP contribution in [0.15, 0.2) is 52.5 Å². The molecule has 4 amide bonds. The van der Waals surface area contributed by atoms with E-state index < -0.39 is 17.8 Å². The van der Waals surface area contributed by atoms with Crippen LogP contribution in [0.25, 0.3) is 6.08 Å². The van der Waals surface area contributed by atoms with Crippen LogP contribution in [0, 0.1) is 0 Å². The number of carbonyl (C=O) groups excluding carboxylic acids is 3. The number of benzene rings is 2. The molecule has 2 aromatic rings. The minimum absolute atomic E-state index is 0.169. The van der Waals surface area contributed by atoms with E-state index in [1.165, 1.54) is 6.08 Å². The Morgan fingerprint density at radius 2 is 1.69 bits per heavy atom. The minimum atomic E-state index is -0.795. The largest absolute Gasteiger partial charge is 0.494 e. The highest BCUT2D eigenvalue weighted by molar-refractivity contribution is 9.10. The maximum absolute atomic E-state index is 13.0. The third-order valence-electron chi connectivity index (χ3n) is 4.08. The van der Waals surface area contributed by atoms with Gasteiger partial charge in [-0.1, -0.05) is 15.9 Å². The highest BCUT2D eigenvalue weighted by Gasteiger charge is 2.36. The number of nitrogens with zero attached hydrogens (tertiary/aromatic N) is 1. The van der Waals surface area contributed by atoms with E-state index in [1.54, 1.807) is 42.5 Å². The van der Waals surface area contributed by atoms with Gasteiger partial charge in [0, 0.05) is 16.1 Å². The Hall–Kier alpha value is -3.13. The lowest BCUT2D eigenvalue weighted by Gasteiger charge is -2.26. The van der Waals surface area contributed by atoms with Crippen molar-refractivity contribution in [3.05, 3.63) is 58.1 Å². The van der Waals surface area contributed by atoms with E-state index in [0.29, 0.717) is 36.0 Å². The number of imide groups is 2. The lowest BCUT2D eigenvalue weighted by Crippen LogP contribution is -2.54. The van der Waals surface area contributed by atoms with E-state index in [-0.39, 0.29) is 5.57 Å². The summed E-state index contributed by atoms with van der Waals surface area (Å²) in [5.41, 5.74) is 0.711. The second kappa shape index (κ2) is 8.91. The van der Waals surface area contributed by atoms with Gasteiger partial charge in [-0.3, -0.25) is 14.9 Å². The highest BCUT2D eigenvalue weighted by atomic mass is 79.9. The molecule has 1 fully saturated rings. The van der Waals surface area contributed by atoms with E-state index in [4.69, 9.17) is 9.47 Å². The second-order valence-corrected chi connectivity index (χ2v) is 6.92. The third-order valence-corrected chi connectivity index (χ3v) is 4.61. The van der Waals surface area contributed by atoms with Crippen molar-refractivity contribution in [3.63, 3.8) is 0 Å². The van der Waals surface area contributed by atoms with Gasteiger partial charge in [-0.25, -0.2) is 9.69 Å². The Kier molecular flexibility index (Phi) is 6.33. The number of anilines is 1. The Morgan fingerprint density at radius 3 is 2.34 bits per heavy atom. The van der Waals surface area contributed by atoms with Crippen LogP contribution in [-0.4, -0.2) is 31.1 Å². The molecule has 1 saturated heterocycles. The van der Waals surface area contributed by atoms with Gasteiger partial charge >= 0.3 is 6.03 Å². The maximum Gasteiger partial charge on any atom is 0.335 e. The number of ether oxygens (including phenoxy) is 2. The molecule has 0 spiro atoms. The van der Waals surface area contributed by atoms with Crippen LogP contribution in [0.1, 0.15) is 19.4 Å². The molecule has 1 aliphatic rings. The van der Waals surface area contributed by atoms with Crippen LogP contribution in [0.4, 0.5) is 10.5 Å². The monoisotopic (exact) mass is 458 g/mol. The third kappa shape index (κ3) is 4.48. The molecular formula is C21H19BrN2O5. The summed E-state index contributed by atoms with van der Waals surface area (Å²) in [4.78, 5) is 38.5.